The highest BCUT2D eigenvalue weighted by Crippen LogP contribution is 2.19. The van der Waals surface area contributed by atoms with E-state index in [0.29, 0.717) is 6.61 Å². The van der Waals surface area contributed by atoms with E-state index >= 15 is 0 Å². The molecule has 2 aromatic carbocycles. The number of nitrogens with one attached hydrogen (secondary N) is 3. The molecule has 0 unspecified atom stereocenters. The van der Waals surface area contributed by atoms with E-state index in [1.54, 1.807) is 14.2 Å². The van der Waals surface area contributed by atoms with E-state index in [1.165, 1.54) is 16.5 Å². The van der Waals surface area contributed by atoms with Crippen LogP contribution in [0.25, 0.3) is 10.9 Å². The summed E-state index contributed by atoms with van der Waals surface area (Å²) in [6, 6.07) is 16.0. The molecule has 1 aromatic heterocycles. The Morgan fingerprint density at radius 1 is 1.03 bits per heavy atom. The van der Waals surface area contributed by atoms with E-state index in [-0.39, 0.29) is 24.0 Å². The van der Waals surface area contributed by atoms with Gasteiger partial charge in [0.25, 0.3) is 0 Å². The summed E-state index contributed by atoms with van der Waals surface area (Å²) in [5.74, 6) is 2.43. The number of rotatable bonds is 9. The molecule has 1 heterocycles. The Bertz CT molecular complexity index is 910. The highest BCUT2D eigenvalue weighted by molar-refractivity contribution is 14.0. The molecule has 0 amide bonds. The maximum Gasteiger partial charge on any atom is 0.190 e. The standard InChI is InChI=1S/C22H28N4O2.HI/c1-23-22(24-12-6-14-28-19-8-5-7-18(15-19)27-2)25-13-11-17-16-26-21-10-4-3-9-20(17)21;/h3-5,7-10,15-16,26H,6,11-14H2,1-2H3,(H2,23,24,25);1H. The number of ether oxygens (including phenoxy) is 2. The van der Waals surface area contributed by atoms with Gasteiger partial charge in [0.2, 0.25) is 0 Å². The van der Waals surface area contributed by atoms with Crippen LogP contribution in [0.1, 0.15) is 12.0 Å². The van der Waals surface area contributed by atoms with Crippen molar-refractivity contribution in [2.75, 3.05) is 33.9 Å². The van der Waals surface area contributed by atoms with Crippen molar-refractivity contribution in [3.63, 3.8) is 0 Å². The van der Waals surface area contributed by atoms with Gasteiger partial charge in [0.1, 0.15) is 11.5 Å². The Hall–Kier alpha value is -2.42. The second-order valence-corrected chi connectivity index (χ2v) is 6.42. The van der Waals surface area contributed by atoms with Gasteiger partial charge in [-0.3, -0.25) is 4.99 Å². The second kappa shape index (κ2) is 12.2. The summed E-state index contributed by atoms with van der Waals surface area (Å²) in [7, 11) is 3.44. The number of hydrogen-bond donors (Lipinski definition) is 3. The van der Waals surface area contributed by atoms with Crippen LogP contribution in [0, 0.1) is 0 Å². The van der Waals surface area contributed by atoms with Crippen LogP contribution >= 0.6 is 24.0 Å². The monoisotopic (exact) mass is 508 g/mol. The minimum absolute atomic E-state index is 0. The van der Waals surface area contributed by atoms with Crippen LogP contribution in [0.4, 0.5) is 0 Å². The largest absolute Gasteiger partial charge is 0.497 e. The molecule has 0 spiro atoms. The van der Waals surface area contributed by atoms with Crippen LogP contribution < -0.4 is 20.1 Å². The van der Waals surface area contributed by atoms with Crippen molar-refractivity contribution in [2.24, 2.45) is 4.99 Å². The minimum atomic E-state index is 0. The first-order valence-corrected chi connectivity index (χ1v) is 9.56. The molecule has 0 fully saturated rings. The van der Waals surface area contributed by atoms with Crippen LogP contribution in [0.15, 0.2) is 59.7 Å². The molecule has 0 bridgehead atoms. The number of fused-ring (bicyclic) bond motifs is 1. The molecule has 3 aromatic rings. The van der Waals surface area contributed by atoms with Crippen molar-refractivity contribution in [2.45, 2.75) is 12.8 Å². The van der Waals surface area contributed by atoms with E-state index < -0.39 is 0 Å². The molecule has 0 aliphatic heterocycles. The molecule has 3 N–H and O–H groups in total. The molecule has 156 valence electrons. The summed E-state index contributed by atoms with van der Waals surface area (Å²) >= 11 is 0. The van der Waals surface area contributed by atoms with Crippen molar-refractivity contribution in [1.82, 2.24) is 15.6 Å². The summed E-state index contributed by atoms with van der Waals surface area (Å²) < 4.78 is 10.9. The number of H-pyrrole nitrogens is 1. The first-order chi connectivity index (χ1) is 13.8. The number of hydrogen-bond acceptors (Lipinski definition) is 3. The minimum Gasteiger partial charge on any atom is -0.497 e. The molecule has 3 rings (SSSR count). The molecular formula is C22H29IN4O2. The lowest BCUT2D eigenvalue weighted by molar-refractivity contribution is 0.308. The Morgan fingerprint density at radius 3 is 2.66 bits per heavy atom. The molecule has 7 heteroatoms. The summed E-state index contributed by atoms with van der Waals surface area (Å²) in [4.78, 5) is 7.59. The molecule has 6 nitrogen and oxygen atoms in total. The van der Waals surface area contributed by atoms with Gasteiger partial charge in [-0.1, -0.05) is 24.3 Å². The van der Waals surface area contributed by atoms with Gasteiger partial charge in [-0.15, -0.1) is 24.0 Å². The van der Waals surface area contributed by atoms with Crippen LogP contribution in [0.2, 0.25) is 0 Å². The smallest absolute Gasteiger partial charge is 0.190 e. The number of aromatic amines is 1. The zero-order valence-electron chi connectivity index (χ0n) is 16.9. The number of guanidine groups is 1. The molecular weight excluding hydrogens is 479 g/mol. The molecule has 0 atom stereocenters. The van der Waals surface area contributed by atoms with Gasteiger partial charge >= 0.3 is 0 Å². The van der Waals surface area contributed by atoms with Crippen LogP contribution in [-0.2, 0) is 6.42 Å². The third kappa shape index (κ3) is 6.85. The Labute approximate surface area is 189 Å². The summed E-state index contributed by atoms with van der Waals surface area (Å²) in [5.41, 5.74) is 2.49. The van der Waals surface area contributed by atoms with Crippen molar-refractivity contribution in [1.29, 1.82) is 0 Å². The second-order valence-electron chi connectivity index (χ2n) is 6.42. The fraction of sp³-hybridized carbons (Fsp3) is 0.318. The lowest BCUT2D eigenvalue weighted by Gasteiger charge is -2.12. The van der Waals surface area contributed by atoms with E-state index in [1.807, 2.05) is 30.3 Å². The van der Waals surface area contributed by atoms with E-state index in [9.17, 15) is 0 Å². The number of aromatic nitrogens is 1. The number of methoxy groups -OCH3 is 1. The van der Waals surface area contributed by atoms with Gasteiger partial charge in [-0.05, 0) is 36.6 Å². The third-order valence-electron chi connectivity index (χ3n) is 4.51. The first-order valence-electron chi connectivity index (χ1n) is 9.56. The van der Waals surface area contributed by atoms with Crippen LogP contribution in [0.3, 0.4) is 0 Å². The fourth-order valence-corrected chi connectivity index (χ4v) is 3.03. The lowest BCUT2D eigenvalue weighted by atomic mass is 10.1. The highest BCUT2D eigenvalue weighted by atomic mass is 127. The van der Waals surface area contributed by atoms with E-state index in [0.717, 1.165) is 43.4 Å². The normalized spacial score (nSPS) is 11.0. The zero-order chi connectivity index (χ0) is 19.6. The molecule has 0 saturated heterocycles. The lowest BCUT2D eigenvalue weighted by Crippen LogP contribution is -2.39. The number of para-hydroxylation sites is 1. The maximum absolute atomic E-state index is 5.75. The zero-order valence-corrected chi connectivity index (χ0v) is 19.2. The predicted molar refractivity (Wildman–Crippen MR) is 130 cm³/mol. The molecule has 0 aliphatic carbocycles. The molecule has 0 aliphatic rings. The van der Waals surface area contributed by atoms with Crippen LogP contribution in [-0.4, -0.2) is 44.8 Å². The van der Waals surface area contributed by atoms with Gasteiger partial charge in [-0.2, -0.15) is 0 Å². The van der Waals surface area contributed by atoms with Gasteiger partial charge in [0.15, 0.2) is 5.96 Å². The molecule has 0 saturated carbocycles. The average Bonchev–Trinajstić information content (AvgIpc) is 3.15. The van der Waals surface area contributed by atoms with Crippen molar-refractivity contribution < 1.29 is 9.47 Å². The Kier molecular flexibility index (Phi) is 9.63. The van der Waals surface area contributed by atoms with Gasteiger partial charge in [0, 0.05) is 43.3 Å². The Balaban J connectivity index is 0.00000300. The highest BCUT2D eigenvalue weighted by Gasteiger charge is 2.03. The topological polar surface area (TPSA) is 70.7 Å². The fourth-order valence-electron chi connectivity index (χ4n) is 3.03. The summed E-state index contributed by atoms with van der Waals surface area (Å²) in [6.45, 7) is 2.24. The average molecular weight is 508 g/mol. The number of aliphatic imine (C=N–C) groups is 1. The van der Waals surface area contributed by atoms with Gasteiger partial charge in [-0.25, -0.2) is 0 Å². The number of halogens is 1. The van der Waals surface area contributed by atoms with Gasteiger partial charge in [0.05, 0.1) is 13.7 Å². The number of nitrogens with zero attached hydrogens (tertiary/aromatic N) is 1. The predicted octanol–water partition coefficient (Wildman–Crippen LogP) is 3.97. The van der Waals surface area contributed by atoms with Crippen LogP contribution in [0.5, 0.6) is 11.5 Å². The SMILES string of the molecule is CN=C(NCCCOc1cccc(OC)c1)NCCc1c[nH]c2ccccc12.I. The van der Waals surface area contributed by atoms with E-state index in [4.69, 9.17) is 9.47 Å². The maximum atomic E-state index is 5.75. The quantitative estimate of drug-likeness (QED) is 0.177. The van der Waals surface area contributed by atoms with Crippen molar-refractivity contribution in [3.8, 4) is 11.5 Å². The van der Waals surface area contributed by atoms with E-state index in [2.05, 4.69) is 45.0 Å². The Morgan fingerprint density at radius 2 is 1.83 bits per heavy atom. The van der Waals surface area contributed by atoms with Crippen molar-refractivity contribution >= 4 is 40.8 Å². The molecule has 0 radical (unpaired) electrons. The molecule has 29 heavy (non-hydrogen) atoms. The first kappa shape index (κ1) is 22.9. The third-order valence-corrected chi connectivity index (χ3v) is 4.51. The summed E-state index contributed by atoms with van der Waals surface area (Å²) in [5, 5.41) is 7.97. The van der Waals surface area contributed by atoms with Crippen molar-refractivity contribution in [3.05, 3.63) is 60.3 Å². The summed E-state index contributed by atoms with van der Waals surface area (Å²) in [6.07, 6.45) is 3.89. The van der Waals surface area contributed by atoms with Gasteiger partial charge < -0.3 is 25.1 Å². The number of benzene rings is 2.